The van der Waals surface area contributed by atoms with Gasteiger partial charge in [-0.1, -0.05) is 0 Å². The molecular weight excluding hydrogens is 312 g/mol. The smallest absolute Gasteiger partial charge is 0.243 e. The maximum atomic E-state index is 12.5. The second-order valence-corrected chi connectivity index (χ2v) is 9.28. The summed E-state index contributed by atoms with van der Waals surface area (Å²) in [6.45, 7) is 1.49. The van der Waals surface area contributed by atoms with E-state index in [1.807, 2.05) is 0 Å². The van der Waals surface area contributed by atoms with Gasteiger partial charge in [-0.25, -0.2) is 16.8 Å². The number of benzene rings is 1. The molecule has 6 nitrogen and oxygen atoms in total. The fourth-order valence-electron chi connectivity index (χ4n) is 2.39. The normalized spacial score (nSPS) is 18.8. The van der Waals surface area contributed by atoms with Crippen LogP contribution in [0.2, 0.25) is 0 Å². The molecule has 1 saturated heterocycles. The zero-order valence-electron chi connectivity index (χ0n) is 11.9. The molecule has 0 bridgehead atoms. The number of rotatable bonds is 4. The fourth-order valence-corrected chi connectivity index (χ4v) is 4.49. The molecule has 1 fully saturated rings. The van der Waals surface area contributed by atoms with Crippen molar-refractivity contribution in [2.45, 2.75) is 22.6 Å². The Morgan fingerprint density at radius 1 is 1.05 bits per heavy atom. The first-order chi connectivity index (χ1) is 9.75. The Balaban J connectivity index is 2.21. The molecule has 1 heterocycles. The summed E-state index contributed by atoms with van der Waals surface area (Å²) < 4.78 is 49.2. The third-order valence-corrected chi connectivity index (χ3v) is 6.84. The summed E-state index contributed by atoms with van der Waals surface area (Å²) in [6, 6.07) is 5.35. The van der Waals surface area contributed by atoms with Crippen molar-refractivity contribution in [3.8, 4) is 0 Å². The maximum Gasteiger partial charge on any atom is 0.243 e. The number of hydrogen-bond acceptors (Lipinski definition) is 5. The van der Waals surface area contributed by atoms with Gasteiger partial charge in [-0.15, -0.1) is 0 Å². The maximum absolute atomic E-state index is 12.5. The lowest BCUT2D eigenvalue weighted by atomic mass is 9.99. The van der Waals surface area contributed by atoms with Crippen LogP contribution in [0.3, 0.4) is 0 Å². The number of nitrogens with zero attached hydrogens (tertiary/aromatic N) is 1. The quantitative estimate of drug-likeness (QED) is 0.863. The Labute approximate surface area is 125 Å². The Bertz CT molecular complexity index is 688. The number of sulfone groups is 1. The summed E-state index contributed by atoms with van der Waals surface area (Å²) in [7, 11) is -6.88. The Kier molecular flexibility index (Phi) is 4.72. The lowest BCUT2D eigenvalue weighted by molar-refractivity contribution is 0.278. The van der Waals surface area contributed by atoms with Crippen LogP contribution < -0.4 is 5.73 Å². The molecule has 2 rings (SSSR count). The van der Waals surface area contributed by atoms with E-state index in [0.29, 0.717) is 25.6 Å². The molecule has 1 aliphatic heterocycles. The summed E-state index contributed by atoms with van der Waals surface area (Å²) >= 11 is 0. The topological polar surface area (TPSA) is 97.5 Å². The van der Waals surface area contributed by atoms with Gasteiger partial charge in [0.05, 0.1) is 9.79 Å². The molecule has 0 spiro atoms. The lowest BCUT2D eigenvalue weighted by Gasteiger charge is -2.30. The van der Waals surface area contributed by atoms with Crippen LogP contribution in [0.5, 0.6) is 0 Å². The van der Waals surface area contributed by atoms with Crippen LogP contribution in [-0.4, -0.2) is 47.0 Å². The van der Waals surface area contributed by atoms with E-state index >= 15 is 0 Å². The second kappa shape index (κ2) is 6.04. The predicted octanol–water partition coefficient (Wildman–Crippen LogP) is 0.450. The van der Waals surface area contributed by atoms with Gasteiger partial charge < -0.3 is 5.73 Å². The minimum atomic E-state index is -3.56. The molecule has 118 valence electrons. The summed E-state index contributed by atoms with van der Waals surface area (Å²) in [5.74, 6) is 0.379. The fraction of sp³-hybridized carbons (Fsp3) is 0.538. The molecule has 1 aliphatic rings. The summed E-state index contributed by atoms with van der Waals surface area (Å²) in [5.41, 5.74) is 5.60. The van der Waals surface area contributed by atoms with Gasteiger partial charge in [0.25, 0.3) is 0 Å². The molecule has 1 aromatic rings. The van der Waals surface area contributed by atoms with Crippen molar-refractivity contribution in [2.75, 3.05) is 25.9 Å². The van der Waals surface area contributed by atoms with Crippen molar-refractivity contribution in [1.29, 1.82) is 0 Å². The van der Waals surface area contributed by atoms with Gasteiger partial charge in [0.2, 0.25) is 10.0 Å². The van der Waals surface area contributed by atoms with Gasteiger partial charge in [-0.3, -0.25) is 0 Å². The first kappa shape index (κ1) is 16.4. The van der Waals surface area contributed by atoms with Gasteiger partial charge in [0.1, 0.15) is 0 Å². The molecular formula is C13H20N2O4S2. The van der Waals surface area contributed by atoms with Crippen molar-refractivity contribution in [2.24, 2.45) is 11.7 Å². The molecule has 0 atom stereocenters. The molecule has 0 aliphatic carbocycles. The van der Waals surface area contributed by atoms with Crippen molar-refractivity contribution in [3.05, 3.63) is 24.3 Å². The van der Waals surface area contributed by atoms with Gasteiger partial charge in [0.15, 0.2) is 9.84 Å². The van der Waals surface area contributed by atoms with E-state index in [1.165, 1.54) is 28.6 Å². The van der Waals surface area contributed by atoms with Gasteiger partial charge >= 0.3 is 0 Å². The largest absolute Gasteiger partial charge is 0.330 e. The van der Waals surface area contributed by atoms with Crippen molar-refractivity contribution in [3.63, 3.8) is 0 Å². The van der Waals surface area contributed by atoms with Crippen LogP contribution in [0, 0.1) is 5.92 Å². The third kappa shape index (κ3) is 3.63. The monoisotopic (exact) mass is 332 g/mol. The zero-order valence-corrected chi connectivity index (χ0v) is 13.5. The first-order valence-electron chi connectivity index (χ1n) is 6.75. The van der Waals surface area contributed by atoms with Crippen LogP contribution >= 0.6 is 0 Å². The average Bonchev–Trinajstić information content (AvgIpc) is 2.46. The van der Waals surface area contributed by atoms with E-state index < -0.39 is 19.9 Å². The number of nitrogens with two attached hydrogens (primary N) is 1. The third-order valence-electron chi connectivity index (χ3n) is 3.80. The molecule has 21 heavy (non-hydrogen) atoms. The highest BCUT2D eigenvalue weighted by atomic mass is 32.2. The highest BCUT2D eigenvalue weighted by Gasteiger charge is 2.29. The Morgan fingerprint density at radius 3 is 1.95 bits per heavy atom. The molecule has 0 aromatic heterocycles. The van der Waals surface area contributed by atoms with Crippen LogP contribution in [0.25, 0.3) is 0 Å². The number of sulfonamides is 1. The van der Waals surface area contributed by atoms with Crippen LogP contribution in [0.4, 0.5) is 0 Å². The molecule has 1 aromatic carbocycles. The van der Waals surface area contributed by atoms with E-state index in [0.717, 1.165) is 19.1 Å². The predicted molar refractivity (Wildman–Crippen MR) is 80.1 cm³/mol. The minimum Gasteiger partial charge on any atom is -0.330 e. The van der Waals surface area contributed by atoms with E-state index in [1.54, 1.807) is 0 Å². The molecule has 0 saturated carbocycles. The molecule has 0 amide bonds. The van der Waals surface area contributed by atoms with Crippen molar-refractivity contribution < 1.29 is 16.8 Å². The molecule has 8 heteroatoms. The molecule has 2 N–H and O–H groups in total. The highest BCUT2D eigenvalue weighted by Crippen LogP contribution is 2.24. The zero-order chi connectivity index (χ0) is 15.7. The van der Waals surface area contributed by atoms with E-state index in [4.69, 9.17) is 5.73 Å². The highest BCUT2D eigenvalue weighted by molar-refractivity contribution is 7.90. The standard InChI is InChI=1S/C13H20N2O4S2/c1-20(16,17)12-2-4-13(5-3-12)21(18,19)15-8-6-11(10-14)7-9-15/h2-5,11H,6-10,14H2,1H3. The van der Waals surface area contributed by atoms with Crippen molar-refractivity contribution in [1.82, 2.24) is 4.31 Å². The van der Waals surface area contributed by atoms with Crippen LogP contribution in [0.15, 0.2) is 34.1 Å². The Hall–Kier alpha value is -0.960. The minimum absolute atomic E-state index is 0.114. The van der Waals surface area contributed by atoms with E-state index in [-0.39, 0.29) is 9.79 Å². The SMILES string of the molecule is CS(=O)(=O)c1ccc(S(=O)(=O)N2CCC(CN)CC2)cc1. The molecule has 0 radical (unpaired) electrons. The number of hydrogen-bond donors (Lipinski definition) is 1. The average molecular weight is 332 g/mol. The summed E-state index contributed by atoms with van der Waals surface area (Å²) in [6.07, 6.45) is 2.61. The Morgan fingerprint density at radius 2 is 1.52 bits per heavy atom. The van der Waals surface area contributed by atoms with Crippen LogP contribution in [0.1, 0.15) is 12.8 Å². The van der Waals surface area contributed by atoms with E-state index in [9.17, 15) is 16.8 Å². The van der Waals surface area contributed by atoms with Gasteiger partial charge in [-0.05, 0) is 49.6 Å². The summed E-state index contributed by atoms with van der Waals surface area (Å²) in [5, 5.41) is 0. The van der Waals surface area contributed by atoms with Crippen molar-refractivity contribution >= 4 is 19.9 Å². The van der Waals surface area contributed by atoms with Gasteiger partial charge in [-0.2, -0.15) is 4.31 Å². The van der Waals surface area contributed by atoms with Crippen LogP contribution in [-0.2, 0) is 19.9 Å². The first-order valence-corrected chi connectivity index (χ1v) is 10.1. The molecule has 0 unspecified atom stereocenters. The summed E-state index contributed by atoms with van der Waals surface area (Å²) in [4.78, 5) is 0.240. The van der Waals surface area contributed by atoms with Gasteiger partial charge in [0, 0.05) is 19.3 Å². The lowest BCUT2D eigenvalue weighted by Crippen LogP contribution is -2.40. The second-order valence-electron chi connectivity index (χ2n) is 5.33. The number of piperidine rings is 1. The van der Waals surface area contributed by atoms with E-state index in [2.05, 4.69) is 0 Å².